The highest BCUT2D eigenvalue weighted by molar-refractivity contribution is 5.39. The number of aliphatic hydroxyl groups is 1. The molecule has 0 heterocycles. The fraction of sp³-hybridized carbons (Fsp3) is 0.571. The second kappa shape index (κ2) is 4.88. The van der Waals surface area contributed by atoms with Crippen molar-refractivity contribution in [3.63, 3.8) is 0 Å². The Kier molecular flexibility index (Phi) is 3.49. The molecule has 1 fully saturated rings. The SMILES string of the molecule is Cc1cccc(C)c1O[C@H]1CCCC[C@@H]1O. The van der Waals surface area contributed by atoms with E-state index in [2.05, 4.69) is 26.0 Å². The largest absolute Gasteiger partial charge is 0.487 e. The van der Waals surface area contributed by atoms with Crippen LogP contribution in [0.15, 0.2) is 18.2 Å². The summed E-state index contributed by atoms with van der Waals surface area (Å²) in [4.78, 5) is 0. The maximum Gasteiger partial charge on any atom is 0.125 e. The van der Waals surface area contributed by atoms with Crippen molar-refractivity contribution in [2.24, 2.45) is 0 Å². The second-order valence-electron chi connectivity index (χ2n) is 4.73. The van der Waals surface area contributed by atoms with Crippen molar-refractivity contribution < 1.29 is 9.84 Å². The van der Waals surface area contributed by atoms with Gasteiger partial charge in [-0.3, -0.25) is 0 Å². The molecule has 1 aliphatic rings. The molecule has 2 rings (SSSR count). The first-order valence-electron chi connectivity index (χ1n) is 6.09. The summed E-state index contributed by atoms with van der Waals surface area (Å²) in [5.74, 6) is 0.952. The monoisotopic (exact) mass is 220 g/mol. The normalized spacial score (nSPS) is 25.4. The van der Waals surface area contributed by atoms with E-state index >= 15 is 0 Å². The summed E-state index contributed by atoms with van der Waals surface area (Å²) < 4.78 is 5.98. The molecule has 2 heteroatoms. The molecule has 88 valence electrons. The highest BCUT2D eigenvalue weighted by Gasteiger charge is 2.25. The van der Waals surface area contributed by atoms with Crippen LogP contribution in [0, 0.1) is 13.8 Å². The number of rotatable bonds is 2. The Morgan fingerprint density at radius 3 is 2.38 bits per heavy atom. The molecular formula is C14H20O2. The third-order valence-electron chi connectivity index (χ3n) is 3.35. The second-order valence-corrected chi connectivity index (χ2v) is 4.73. The number of aryl methyl sites for hydroxylation is 2. The van der Waals surface area contributed by atoms with Crippen LogP contribution in [0.4, 0.5) is 0 Å². The molecule has 0 spiro atoms. The predicted molar refractivity (Wildman–Crippen MR) is 64.8 cm³/mol. The zero-order chi connectivity index (χ0) is 11.5. The lowest BCUT2D eigenvalue weighted by atomic mass is 9.94. The van der Waals surface area contributed by atoms with Crippen LogP contribution < -0.4 is 4.74 Å². The molecule has 0 amide bonds. The maximum atomic E-state index is 9.89. The van der Waals surface area contributed by atoms with Crippen molar-refractivity contribution in [2.45, 2.75) is 51.7 Å². The number of ether oxygens (including phenoxy) is 1. The Balaban J connectivity index is 2.13. The average molecular weight is 220 g/mol. The van der Waals surface area contributed by atoms with E-state index in [4.69, 9.17) is 4.74 Å². The van der Waals surface area contributed by atoms with Crippen molar-refractivity contribution in [1.29, 1.82) is 0 Å². The van der Waals surface area contributed by atoms with Crippen LogP contribution in [0.5, 0.6) is 5.75 Å². The van der Waals surface area contributed by atoms with E-state index in [1.807, 2.05) is 6.07 Å². The summed E-state index contributed by atoms with van der Waals surface area (Å²) in [6.45, 7) is 4.11. The van der Waals surface area contributed by atoms with E-state index in [0.29, 0.717) is 0 Å². The van der Waals surface area contributed by atoms with Gasteiger partial charge in [-0.05, 0) is 44.2 Å². The molecule has 2 atom stereocenters. The maximum absolute atomic E-state index is 9.89. The van der Waals surface area contributed by atoms with E-state index in [9.17, 15) is 5.11 Å². The van der Waals surface area contributed by atoms with Crippen molar-refractivity contribution >= 4 is 0 Å². The Bertz CT molecular complexity index is 340. The smallest absolute Gasteiger partial charge is 0.125 e. The van der Waals surface area contributed by atoms with Gasteiger partial charge in [0.25, 0.3) is 0 Å². The van der Waals surface area contributed by atoms with E-state index in [1.165, 1.54) is 0 Å². The van der Waals surface area contributed by atoms with Crippen LogP contribution >= 0.6 is 0 Å². The molecule has 0 unspecified atom stereocenters. The minimum Gasteiger partial charge on any atom is -0.487 e. The zero-order valence-electron chi connectivity index (χ0n) is 10.1. The lowest BCUT2D eigenvalue weighted by molar-refractivity contribution is 0.00621. The molecule has 0 saturated heterocycles. The summed E-state index contributed by atoms with van der Waals surface area (Å²) >= 11 is 0. The van der Waals surface area contributed by atoms with Gasteiger partial charge in [0.2, 0.25) is 0 Å². The van der Waals surface area contributed by atoms with Gasteiger partial charge < -0.3 is 9.84 Å². The van der Waals surface area contributed by atoms with Gasteiger partial charge in [0, 0.05) is 0 Å². The van der Waals surface area contributed by atoms with Crippen LogP contribution in [0.2, 0.25) is 0 Å². The first kappa shape index (κ1) is 11.5. The van der Waals surface area contributed by atoms with Gasteiger partial charge in [-0.25, -0.2) is 0 Å². The molecule has 0 aliphatic heterocycles. The Labute approximate surface area is 97.3 Å². The molecule has 0 aromatic heterocycles. The van der Waals surface area contributed by atoms with Crippen molar-refractivity contribution in [3.8, 4) is 5.75 Å². The molecule has 1 aromatic carbocycles. The fourth-order valence-electron chi connectivity index (χ4n) is 2.35. The average Bonchev–Trinajstić information content (AvgIpc) is 2.26. The molecule has 1 aromatic rings. The van der Waals surface area contributed by atoms with Crippen molar-refractivity contribution in [2.75, 3.05) is 0 Å². The minimum absolute atomic E-state index is 0.0199. The highest BCUT2D eigenvalue weighted by atomic mass is 16.5. The first-order chi connectivity index (χ1) is 7.68. The number of hydrogen-bond donors (Lipinski definition) is 1. The third kappa shape index (κ3) is 2.38. The van der Waals surface area contributed by atoms with Gasteiger partial charge in [-0.15, -0.1) is 0 Å². The summed E-state index contributed by atoms with van der Waals surface area (Å²) in [5.41, 5.74) is 2.30. The summed E-state index contributed by atoms with van der Waals surface area (Å²) in [6.07, 6.45) is 3.80. The van der Waals surface area contributed by atoms with Crippen LogP contribution in [-0.2, 0) is 0 Å². The van der Waals surface area contributed by atoms with Gasteiger partial charge in [0.15, 0.2) is 0 Å². The Morgan fingerprint density at radius 1 is 1.12 bits per heavy atom. The molecule has 0 bridgehead atoms. The van der Waals surface area contributed by atoms with E-state index in [-0.39, 0.29) is 12.2 Å². The number of aliphatic hydroxyl groups excluding tert-OH is 1. The molecule has 1 N–H and O–H groups in total. The highest BCUT2D eigenvalue weighted by Crippen LogP contribution is 2.28. The minimum atomic E-state index is -0.298. The number of para-hydroxylation sites is 1. The molecule has 0 radical (unpaired) electrons. The van der Waals surface area contributed by atoms with E-state index < -0.39 is 0 Å². The van der Waals surface area contributed by atoms with Gasteiger partial charge in [0.1, 0.15) is 11.9 Å². The topological polar surface area (TPSA) is 29.5 Å². The first-order valence-corrected chi connectivity index (χ1v) is 6.09. The number of hydrogen-bond acceptors (Lipinski definition) is 2. The quantitative estimate of drug-likeness (QED) is 0.830. The van der Waals surface area contributed by atoms with Crippen molar-refractivity contribution in [1.82, 2.24) is 0 Å². The van der Waals surface area contributed by atoms with Gasteiger partial charge in [-0.2, -0.15) is 0 Å². The lowest BCUT2D eigenvalue weighted by Gasteiger charge is -2.29. The predicted octanol–water partition coefficient (Wildman–Crippen LogP) is 2.99. The molecular weight excluding hydrogens is 200 g/mol. The van der Waals surface area contributed by atoms with E-state index in [1.54, 1.807) is 0 Å². The Hall–Kier alpha value is -1.02. The summed E-state index contributed by atoms with van der Waals surface area (Å²) in [5, 5.41) is 9.89. The fourth-order valence-corrected chi connectivity index (χ4v) is 2.35. The van der Waals surface area contributed by atoms with Gasteiger partial charge >= 0.3 is 0 Å². The number of benzene rings is 1. The standard InChI is InChI=1S/C14H20O2/c1-10-6-5-7-11(2)14(10)16-13-9-4-3-8-12(13)15/h5-7,12-13,15H,3-4,8-9H2,1-2H3/t12-,13-/m0/s1. The van der Waals surface area contributed by atoms with Crippen LogP contribution in [0.1, 0.15) is 36.8 Å². The van der Waals surface area contributed by atoms with Gasteiger partial charge in [-0.1, -0.05) is 24.6 Å². The summed E-state index contributed by atoms with van der Waals surface area (Å²) in [6, 6.07) is 6.14. The van der Waals surface area contributed by atoms with Crippen molar-refractivity contribution in [3.05, 3.63) is 29.3 Å². The zero-order valence-corrected chi connectivity index (χ0v) is 10.1. The Morgan fingerprint density at radius 2 is 1.75 bits per heavy atom. The third-order valence-corrected chi connectivity index (χ3v) is 3.35. The molecule has 1 aliphatic carbocycles. The molecule has 1 saturated carbocycles. The van der Waals surface area contributed by atoms with E-state index in [0.717, 1.165) is 42.6 Å². The van der Waals surface area contributed by atoms with Crippen LogP contribution in [0.3, 0.4) is 0 Å². The van der Waals surface area contributed by atoms with Crippen LogP contribution in [-0.4, -0.2) is 17.3 Å². The lowest BCUT2D eigenvalue weighted by Crippen LogP contribution is -2.35. The van der Waals surface area contributed by atoms with Gasteiger partial charge in [0.05, 0.1) is 6.10 Å². The summed E-state index contributed by atoms with van der Waals surface area (Å²) in [7, 11) is 0. The van der Waals surface area contributed by atoms with Crippen LogP contribution in [0.25, 0.3) is 0 Å². The molecule has 2 nitrogen and oxygen atoms in total. The molecule has 16 heavy (non-hydrogen) atoms.